The molecule has 1 aromatic carbocycles. The summed E-state index contributed by atoms with van der Waals surface area (Å²) in [5.74, 6) is 0.330. The molecule has 0 saturated carbocycles. The van der Waals surface area contributed by atoms with E-state index in [0.717, 1.165) is 16.7 Å². The Morgan fingerprint density at radius 3 is 2.35 bits per heavy atom. The molecule has 0 amide bonds. The van der Waals surface area contributed by atoms with E-state index in [0.29, 0.717) is 18.6 Å². The topological polar surface area (TPSA) is 43.4 Å². The molecule has 1 rings (SSSR count). The van der Waals surface area contributed by atoms with Crippen molar-refractivity contribution in [3.05, 3.63) is 47.6 Å². The van der Waals surface area contributed by atoms with Crippen molar-refractivity contribution in [3.8, 4) is 5.75 Å². The van der Waals surface area contributed by atoms with E-state index >= 15 is 0 Å². The van der Waals surface area contributed by atoms with Gasteiger partial charge in [-0.1, -0.05) is 12.2 Å². The van der Waals surface area contributed by atoms with Crippen molar-refractivity contribution in [1.29, 1.82) is 0 Å². The number of ether oxygens (including phenoxy) is 1. The summed E-state index contributed by atoms with van der Waals surface area (Å²) < 4.78 is 5.17. The molecule has 1 aromatic rings. The number of hydrogen-bond acceptors (Lipinski definition) is 3. The number of carbonyl (C=O) groups excluding carboxylic acids is 2. The van der Waals surface area contributed by atoms with Gasteiger partial charge in [0.1, 0.15) is 5.75 Å². The van der Waals surface area contributed by atoms with Gasteiger partial charge in [-0.05, 0) is 55.2 Å². The van der Waals surface area contributed by atoms with Crippen LogP contribution in [0.5, 0.6) is 5.75 Å². The molecule has 3 nitrogen and oxygen atoms in total. The first-order valence-corrected chi connectivity index (χ1v) is 6.55. The highest BCUT2D eigenvalue weighted by Crippen LogP contribution is 2.25. The SMILES string of the molecule is C=CCCC(=O)/C=C/c1cc(C)c(OC(C)=O)c(C)c1. The molecule has 0 unspecified atom stereocenters. The van der Waals surface area contributed by atoms with E-state index in [-0.39, 0.29) is 11.8 Å². The van der Waals surface area contributed by atoms with Gasteiger partial charge in [-0.2, -0.15) is 0 Å². The van der Waals surface area contributed by atoms with Gasteiger partial charge < -0.3 is 4.74 Å². The van der Waals surface area contributed by atoms with Crippen LogP contribution in [0.1, 0.15) is 36.5 Å². The van der Waals surface area contributed by atoms with Crippen LogP contribution in [0.3, 0.4) is 0 Å². The Bertz CT molecular complexity index is 530. The monoisotopic (exact) mass is 272 g/mol. The zero-order chi connectivity index (χ0) is 15.1. The van der Waals surface area contributed by atoms with Crippen LogP contribution in [-0.2, 0) is 9.59 Å². The third-order valence-electron chi connectivity index (χ3n) is 2.78. The first-order valence-electron chi connectivity index (χ1n) is 6.55. The van der Waals surface area contributed by atoms with Crippen molar-refractivity contribution < 1.29 is 14.3 Å². The lowest BCUT2D eigenvalue weighted by Crippen LogP contribution is -2.04. The lowest BCUT2D eigenvalue weighted by atomic mass is 10.0. The molecular weight excluding hydrogens is 252 g/mol. The quantitative estimate of drug-likeness (QED) is 0.342. The Labute approximate surface area is 120 Å². The highest BCUT2D eigenvalue weighted by molar-refractivity contribution is 5.93. The van der Waals surface area contributed by atoms with Crippen LogP contribution in [0.25, 0.3) is 6.08 Å². The fourth-order valence-electron chi connectivity index (χ4n) is 1.90. The molecule has 0 aliphatic rings. The maximum absolute atomic E-state index is 11.6. The second kappa shape index (κ2) is 7.43. The summed E-state index contributed by atoms with van der Waals surface area (Å²) in [6.45, 7) is 8.72. The van der Waals surface area contributed by atoms with Crippen molar-refractivity contribution in [2.45, 2.75) is 33.6 Å². The van der Waals surface area contributed by atoms with E-state index in [2.05, 4.69) is 6.58 Å². The van der Waals surface area contributed by atoms with Crippen LogP contribution in [0.2, 0.25) is 0 Å². The second-order valence-corrected chi connectivity index (χ2v) is 4.70. The van der Waals surface area contributed by atoms with E-state index in [9.17, 15) is 9.59 Å². The van der Waals surface area contributed by atoms with Crippen molar-refractivity contribution in [2.75, 3.05) is 0 Å². The van der Waals surface area contributed by atoms with Crippen molar-refractivity contribution in [1.82, 2.24) is 0 Å². The minimum atomic E-state index is -0.334. The van der Waals surface area contributed by atoms with Gasteiger partial charge in [0, 0.05) is 13.3 Å². The number of benzene rings is 1. The van der Waals surface area contributed by atoms with Crippen molar-refractivity contribution in [2.24, 2.45) is 0 Å². The highest BCUT2D eigenvalue weighted by atomic mass is 16.5. The summed E-state index contributed by atoms with van der Waals surface area (Å²) in [5, 5.41) is 0. The number of esters is 1. The average molecular weight is 272 g/mol. The molecule has 0 bridgehead atoms. The van der Waals surface area contributed by atoms with Crippen molar-refractivity contribution in [3.63, 3.8) is 0 Å². The lowest BCUT2D eigenvalue weighted by molar-refractivity contribution is -0.132. The third kappa shape index (κ3) is 4.84. The Morgan fingerprint density at radius 2 is 1.85 bits per heavy atom. The van der Waals surface area contributed by atoms with Gasteiger partial charge in [-0.3, -0.25) is 9.59 Å². The van der Waals surface area contributed by atoms with Gasteiger partial charge >= 0.3 is 5.97 Å². The molecular formula is C17H20O3. The predicted molar refractivity (Wildman–Crippen MR) is 80.7 cm³/mol. The minimum absolute atomic E-state index is 0.0734. The van der Waals surface area contributed by atoms with Gasteiger partial charge in [-0.25, -0.2) is 0 Å². The fraction of sp³-hybridized carbons (Fsp3) is 0.294. The van der Waals surface area contributed by atoms with Crippen LogP contribution >= 0.6 is 0 Å². The summed E-state index contributed by atoms with van der Waals surface area (Å²) >= 11 is 0. The fourth-order valence-corrected chi connectivity index (χ4v) is 1.90. The van der Waals surface area contributed by atoms with Crippen LogP contribution < -0.4 is 4.74 Å². The molecule has 0 N–H and O–H groups in total. The number of aryl methyl sites for hydroxylation is 2. The first kappa shape index (κ1) is 15.9. The van der Waals surface area contributed by atoms with E-state index < -0.39 is 0 Å². The van der Waals surface area contributed by atoms with Gasteiger partial charge in [0.15, 0.2) is 5.78 Å². The summed E-state index contributed by atoms with van der Waals surface area (Å²) in [6.07, 6.45) is 6.25. The van der Waals surface area contributed by atoms with Crippen molar-refractivity contribution >= 4 is 17.8 Å². The van der Waals surface area contributed by atoms with Crippen LogP contribution in [0, 0.1) is 13.8 Å². The summed E-state index contributed by atoms with van der Waals surface area (Å²) in [6, 6.07) is 3.78. The minimum Gasteiger partial charge on any atom is -0.426 e. The Balaban J connectivity index is 2.88. The van der Waals surface area contributed by atoms with E-state index in [1.54, 1.807) is 18.2 Å². The maximum atomic E-state index is 11.6. The van der Waals surface area contributed by atoms with E-state index in [1.807, 2.05) is 26.0 Å². The number of hydrogen-bond donors (Lipinski definition) is 0. The Kier molecular flexibility index (Phi) is 5.91. The van der Waals surface area contributed by atoms with Gasteiger partial charge in [0.25, 0.3) is 0 Å². The molecule has 0 aromatic heterocycles. The van der Waals surface area contributed by atoms with E-state index in [4.69, 9.17) is 4.74 Å². The van der Waals surface area contributed by atoms with Crippen LogP contribution in [0.15, 0.2) is 30.9 Å². The largest absolute Gasteiger partial charge is 0.426 e. The summed E-state index contributed by atoms with van der Waals surface area (Å²) in [5.41, 5.74) is 2.67. The number of ketones is 1. The van der Waals surface area contributed by atoms with Crippen LogP contribution in [-0.4, -0.2) is 11.8 Å². The molecule has 0 aliphatic carbocycles. The smallest absolute Gasteiger partial charge is 0.308 e. The van der Waals surface area contributed by atoms with Gasteiger partial charge in [0.05, 0.1) is 0 Å². The predicted octanol–water partition coefficient (Wildman–Crippen LogP) is 3.78. The molecule has 0 saturated heterocycles. The first-order chi connectivity index (χ1) is 9.43. The number of carbonyl (C=O) groups is 2. The summed E-state index contributed by atoms with van der Waals surface area (Å²) in [4.78, 5) is 22.6. The number of allylic oxidation sites excluding steroid dienone is 2. The number of rotatable bonds is 6. The zero-order valence-electron chi connectivity index (χ0n) is 12.2. The molecule has 0 radical (unpaired) electrons. The molecule has 0 atom stereocenters. The molecule has 3 heteroatoms. The molecule has 0 heterocycles. The molecule has 0 spiro atoms. The molecule has 20 heavy (non-hydrogen) atoms. The maximum Gasteiger partial charge on any atom is 0.308 e. The highest BCUT2D eigenvalue weighted by Gasteiger charge is 2.07. The molecule has 0 fully saturated rings. The van der Waals surface area contributed by atoms with Crippen LogP contribution in [0.4, 0.5) is 0 Å². The molecule has 0 aliphatic heterocycles. The average Bonchev–Trinajstić information content (AvgIpc) is 2.38. The summed E-state index contributed by atoms with van der Waals surface area (Å²) in [7, 11) is 0. The Morgan fingerprint density at radius 1 is 1.25 bits per heavy atom. The second-order valence-electron chi connectivity index (χ2n) is 4.70. The zero-order valence-corrected chi connectivity index (χ0v) is 12.2. The Hall–Kier alpha value is -2.16. The molecule has 106 valence electrons. The van der Waals surface area contributed by atoms with Gasteiger partial charge in [0.2, 0.25) is 0 Å². The lowest BCUT2D eigenvalue weighted by Gasteiger charge is -2.10. The standard InChI is InChI=1S/C17H20O3/c1-5-6-7-16(19)9-8-15-10-12(2)17(13(3)11-15)20-14(4)18/h5,8-11H,1,6-7H2,2-4H3/b9-8+. The normalized spacial score (nSPS) is 10.6. The van der Waals surface area contributed by atoms with E-state index in [1.165, 1.54) is 6.92 Å². The third-order valence-corrected chi connectivity index (χ3v) is 2.78. The van der Waals surface area contributed by atoms with Gasteiger partial charge in [-0.15, -0.1) is 6.58 Å².